The summed E-state index contributed by atoms with van der Waals surface area (Å²) in [4.78, 5) is 0. The second-order valence-corrected chi connectivity index (χ2v) is 9.02. The Kier molecular flexibility index (Phi) is 4.56. The number of thiophene rings is 1. The third kappa shape index (κ3) is 3.49. The number of hydrogen-bond acceptors (Lipinski definition) is 3. The van der Waals surface area contributed by atoms with E-state index in [1.54, 1.807) is 0 Å². The van der Waals surface area contributed by atoms with Crippen molar-refractivity contribution in [3.8, 4) is 0 Å². The molecule has 0 bridgehead atoms. The highest BCUT2D eigenvalue weighted by atomic mass is 79.9. The molecule has 0 radical (unpaired) electrons. The second-order valence-electron chi connectivity index (χ2n) is 3.42. The van der Waals surface area contributed by atoms with Crippen molar-refractivity contribution in [1.82, 2.24) is 0 Å². The van der Waals surface area contributed by atoms with Crippen LogP contribution in [-0.4, -0.2) is 8.42 Å². The zero-order valence-corrected chi connectivity index (χ0v) is 14.5. The number of nitrogens with one attached hydrogen (secondary N) is 1. The Morgan fingerprint density at radius 3 is 2.53 bits per heavy atom. The molecule has 0 fully saturated rings. The monoisotopic (exact) mass is 447 g/mol. The van der Waals surface area contributed by atoms with Gasteiger partial charge in [0, 0.05) is 4.47 Å². The molecule has 2 rings (SSSR count). The summed E-state index contributed by atoms with van der Waals surface area (Å²) >= 11 is 13.0. The molecule has 1 aromatic heterocycles. The van der Waals surface area contributed by atoms with Crippen LogP contribution in [0.25, 0.3) is 0 Å². The van der Waals surface area contributed by atoms with E-state index in [1.807, 2.05) is 0 Å². The number of hydrogen-bond donors (Lipinski definition) is 1. The van der Waals surface area contributed by atoms with Gasteiger partial charge in [0.15, 0.2) is 0 Å². The first-order valence-corrected chi connectivity index (χ1v) is 8.98. The molecule has 2 aromatic rings. The van der Waals surface area contributed by atoms with Gasteiger partial charge < -0.3 is 0 Å². The Balaban J connectivity index is 2.39. The van der Waals surface area contributed by atoms with E-state index in [9.17, 15) is 12.8 Å². The molecule has 3 nitrogen and oxygen atoms in total. The first-order valence-electron chi connectivity index (χ1n) is 4.72. The standard InChI is InChI=1S/C10H5Br2ClFNO2S2/c11-5-1-2-7(14)8(3-5)15-19(16,17)9-4-6(13)10(12)18-9/h1-4,15H. The maximum absolute atomic E-state index is 13.5. The Morgan fingerprint density at radius 2 is 1.95 bits per heavy atom. The summed E-state index contributed by atoms with van der Waals surface area (Å²) in [5.41, 5.74) is -0.130. The number of halogens is 4. The Morgan fingerprint density at radius 1 is 1.26 bits per heavy atom. The van der Waals surface area contributed by atoms with E-state index in [0.717, 1.165) is 11.3 Å². The van der Waals surface area contributed by atoms with Gasteiger partial charge in [-0.2, -0.15) is 0 Å². The third-order valence-corrected chi connectivity index (χ3v) is 6.87. The summed E-state index contributed by atoms with van der Waals surface area (Å²) in [6.07, 6.45) is 0. The van der Waals surface area contributed by atoms with Crippen LogP contribution in [0.3, 0.4) is 0 Å². The molecule has 1 N–H and O–H groups in total. The number of rotatable bonds is 3. The minimum absolute atomic E-state index is 0.00347. The van der Waals surface area contributed by atoms with Crippen molar-refractivity contribution in [3.63, 3.8) is 0 Å². The van der Waals surface area contributed by atoms with Gasteiger partial charge in [0.25, 0.3) is 10.0 Å². The lowest BCUT2D eigenvalue weighted by Gasteiger charge is -2.07. The second kappa shape index (κ2) is 5.69. The van der Waals surface area contributed by atoms with E-state index < -0.39 is 15.8 Å². The van der Waals surface area contributed by atoms with Crippen LogP contribution in [0.4, 0.5) is 10.1 Å². The lowest BCUT2D eigenvalue weighted by molar-refractivity contribution is 0.600. The Hall–Kier alpha value is -0.150. The first-order chi connectivity index (χ1) is 8.79. The van der Waals surface area contributed by atoms with Crippen LogP contribution in [0, 0.1) is 5.82 Å². The van der Waals surface area contributed by atoms with Crippen LogP contribution >= 0.6 is 54.8 Å². The molecule has 0 atom stereocenters. The van der Waals surface area contributed by atoms with Gasteiger partial charge >= 0.3 is 0 Å². The van der Waals surface area contributed by atoms with Gasteiger partial charge in [-0.3, -0.25) is 4.72 Å². The first kappa shape index (κ1) is 15.2. The highest BCUT2D eigenvalue weighted by Gasteiger charge is 2.20. The molecule has 1 heterocycles. The van der Waals surface area contributed by atoms with Crippen molar-refractivity contribution in [3.05, 3.63) is 43.4 Å². The van der Waals surface area contributed by atoms with Gasteiger partial charge in [-0.15, -0.1) is 11.3 Å². The van der Waals surface area contributed by atoms with Gasteiger partial charge in [-0.05, 0) is 40.2 Å². The summed E-state index contributed by atoms with van der Waals surface area (Å²) in [7, 11) is -3.86. The average molecular weight is 450 g/mol. The van der Waals surface area contributed by atoms with Gasteiger partial charge in [0.2, 0.25) is 0 Å². The molecule has 102 valence electrons. The van der Waals surface area contributed by atoms with Crippen molar-refractivity contribution in [2.24, 2.45) is 0 Å². The average Bonchev–Trinajstić information content (AvgIpc) is 2.65. The number of benzene rings is 1. The largest absolute Gasteiger partial charge is 0.276 e. The molecule has 9 heteroatoms. The summed E-state index contributed by atoms with van der Waals surface area (Å²) in [5.74, 6) is -0.659. The van der Waals surface area contributed by atoms with Crippen molar-refractivity contribution in [1.29, 1.82) is 0 Å². The maximum atomic E-state index is 13.5. The van der Waals surface area contributed by atoms with Gasteiger partial charge in [-0.25, -0.2) is 12.8 Å². The summed E-state index contributed by atoms with van der Waals surface area (Å²) < 4.78 is 40.9. The smallest absolute Gasteiger partial charge is 0.271 e. The molecule has 0 aliphatic heterocycles. The predicted molar refractivity (Wildman–Crippen MR) is 81.9 cm³/mol. The molecule has 0 aliphatic rings. The lowest BCUT2D eigenvalue weighted by Crippen LogP contribution is -2.12. The Bertz CT molecular complexity index is 714. The van der Waals surface area contributed by atoms with E-state index >= 15 is 0 Å². The van der Waals surface area contributed by atoms with Crippen molar-refractivity contribution < 1.29 is 12.8 Å². The SMILES string of the molecule is O=S(=O)(Nc1cc(Br)ccc1F)c1cc(Cl)c(Br)s1. The van der Waals surface area contributed by atoms with Crippen LogP contribution in [0.5, 0.6) is 0 Å². The van der Waals surface area contributed by atoms with Crippen LogP contribution in [0.1, 0.15) is 0 Å². The maximum Gasteiger partial charge on any atom is 0.271 e. The fourth-order valence-electron chi connectivity index (χ4n) is 1.23. The fourth-order valence-corrected chi connectivity index (χ4v) is 5.05. The van der Waals surface area contributed by atoms with Gasteiger partial charge in [0.05, 0.1) is 14.5 Å². The zero-order chi connectivity index (χ0) is 14.2. The van der Waals surface area contributed by atoms with E-state index in [1.165, 1.54) is 24.3 Å². The Labute approximate surface area is 135 Å². The predicted octanol–water partition coefficient (Wildman–Crippen LogP) is 4.87. The van der Waals surface area contributed by atoms with Crippen LogP contribution in [0.15, 0.2) is 36.7 Å². The molecule has 0 aliphatic carbocycles. The normalized spacial score (nSPS) is 11.6. The van der Waals surface area contributed by atoms with Crippen molar-refractivity contribution >= 4 is 70.5 Å². The highest BCUT2D eigenvalue weighted by molar-refractivity contribution is 9.11. The molecule has 0 unspecified atom stereocenters. The molecule has 0 amide bonds. The zero-order valence-electron chi connectivity index (χ0n) is 8.95. The van der Waals surface area contributed by atoms with E-state index in [-0.39, 0.29) is 9.90 Å². The summed E-state index contributed by atoms with van der Waals surface area (Å²) in [6, 6.07) is 5.29. The molecular weight excluding hydrogens is 445 g/mol. The third-order valence-electron chi connectivity index (χ3n) is 2.06. The molecule has 0 spiro atoms. The van der Waals surface area contributed by atoms with Crippen molar-refractivity contribution in [2.45, 2.75) is 4.21 Å². The van der Waals surface area contributed by atoms with Crippen LogP contribution in [0.2, 0.25) is 5.02 Å². The molecular formula is C10H5Br2ClFNO2S2. The molecule has 0 saturated heterocycles. The van der Waals surface area contributed by atoms with Crippen LogP contribution < -0.4 is 4.72 Å². The summed E-state index contributed by atoms with van der Waals surface area (Å²) in [6.45, 7) is 0. The number of anilines is 1. The topological polar surface area (TPSA) is 46.2 Å². The molecule has 0 saturated carbocycles. The number of sulfonamides is 1. The minimum Gasteiger partial charge on any atom is -0.276 e. The molecule has 1 aromatic carbocycles. The minimum atomic E-state index is -3.86. The quantitative estimate of drug-likeness (QED) is 0.727. The van der Waals surface area contributed by atoms with E-state index in [2.05, 4.69) is 36.6 Å². The van der Waals surface area contributed by atoms with Gasteiger partial charge in [0.1, 0.15) is 10.0 Å². The summed E-state index contributed by atoms with van der Waals surface area (Å²) in [5, 5.41) is 0.292. The van der Waals surface area contributed by atoms with E-state index in [4.69, 9.17) is 11.6 Å². The lowest BCUT2D eigenvalue weighted by atomic mass is 10.3. The molecule has 19 heavy (non-hydrogen) atoms. The van der Waals surface area contributed by atoms with E-state index in [0.29, 0.717) is 13.3 Å². The van der Waals surface area contributed by atoms with Crippen LogP contribution in [-0.2, 0) is 10.0 Å². The van der Waals surface area contributed by atoms with Gasteiger partial charge in [-0.1, -0.05) is 27.5 Å². The highest BCUT2D eigenvalue weighted by Crippen LogP contribution is 2.35. The fraction of sp³-hybridized carbons (Fsp3) is 0. The van der Waals surface area contributed by atoms with Crippen molar-refractivity contribution in [2.75, 3.05) is 4.72 Å².